The number of likely N-dealkylation sites (N-methyl/N-ethyl adjacent to an activating group) is 2. The number of hydrogen-bond acceptors (Lipinski definition) is 4. The van der Waals surface area contributed by atoms with E-state index in [1.807, 2.05) is 27.0 Å². The third-order valence-corrected chi connectivity index (χ3v) is 4.56. The Kier molecular flexibility index (Phi) is 4.01. The minimum absolute atomic E-state index is 0.237. The summed E-state index contributed by atoms with van der Waals surface area (Å²) in [6.45, 7) is 4.89. The normalized spacial score (nSPS) is 16.6. The van der Waals surface area contributed by atoms with E-state index in [0.29, 0.717) is 5.56 Å². The molecule has 1 fully saturated rings. The van der Waals surface area contributed by atoms with Crippen LogP contribution < -0.4 is 4.90 Å². The lowest BCUT2D eigenvalue weighted by Crippen LogP contribution is -2.57. The van der Waals surface area contributed by atoms with Crippen molar-refractivity contribution in [1.82, 2.24) is 9.88 Å². The highest BCUT2D eigenvalue weighted by molar-refractivity contribution is 5.58. The van der Waals surface area contributed by atoms with Crippen LogP contribution in [0.25, 0.3) is 0 Å². The number of aryl methyl sites for hydroxylation is 2. The topological polar surface area (TPSA) is 43.2 Å². The van der Waals surface area contributed by atoms with E-state index in [4.69, 9.17) is 0 Å². The van der Waals surface area contributed by atoms with E-state index in [9.17, 15) is 5.26 Å². The van der Waals surface area contributed by atoms with Crippen LogP contribution in [-0.2, 0) is 0 Å². The molecule has 0 radical (unpaired) electrons. The molecule has 0 aromatic carbocycles. The largest absolute Gasteiger partial charge is 0.357 e. The molecule has 20 heavy (non-hydrogen) atoms. The molecule has 4 nitrogen and oxygen atoms in total. The van der Waals surface area contributed by atoms with Gasteiger partial charge in [-0.15, -0.1) is 0 Å². The number of aromatic nitrogens is 1. The van der Waals surface area contributed by atoms with E-state index in [0.717, 1.165) is 23.6 Å². The van der Waals surface area contributed by atoms with Crippen LogP contribution in [0.15, 0.2) is 6.07 Å². The summed E-state index contributed by atoms with van der Waals surface area (Å²) in [6, 6.07) is 4.28. The van der Waals surface area contributed by atoms with Gasteiger partial charge in [0.2, 0.25) is 0 Å². The van der Waals surface area contributed by atoms with Crippen molar-refractivity contribution in [3.05, 3.63) is 22.9 Å². The summed E-state index contributed by atoms with van der Waals surface area (Å²) in [5, 5.41) is 9.39. The van der Waals surface area contributed by atoms with Gasteiger partial charge in [0.05, 0.1) is 5.56 Å². The number of anilines is 1. The van der Waals surface area contributed by atoms with Gasteiger partial charge in [0.15, 0.2) is 0 Å². The van der Waals surface area contributed by atoms with E-state index in [1.165, 1.54) is 19.3 Å². The second kappa shape index (κ2) is 5.41. The van der Waals surface area contributed by atoms with E-state index in [1.54, 1.807) is 0 Å². The molecular weight excluding hydrogens is 248 g/mol. The minimum atomic E-state index is 0.237. The summed E-state index contributed by atoms with van der Waals surface area (Å²) >= 11 is 0. The van der Waals surface area contributed by atoms with Gasteiger partial charge in [0.1, 0.15) is 11.9 Å². The third-order valence-electron chi connectivity index (χ3n) is 4.56. The highest BCUT2D eigenvalue weighted by atomic mass is 15.2. The molecule has 0 bridgehead atoms. The van der Waals surface area contributed by atoms with Gasteiger partial charge in [-0.25, -0.2) is 4.98 Å². The Morgan fingerprint density at radius 2 is 1.95 bits per heavy atom. The lowest BCUT2D eigenvalue weighted by Gasteiger charge is -2.49. The van der Waals surface area contributed by atoms with Crippen LogP contribution in [0.1, 0.15) is 36.1 Å². The van der Waals surface area contributed by atoms with Gasteiger partial charge < -0.3 is 9.80 Å². The summed E-state index contributed by atoms with van der Waals surface area (Å²) in [6.07, 6.45) is 3.73. The highest BCUT2D eigenvalue weighted by Crippen LogP contribution is 2.37. The van der Waals surface area contributed by atoms with Crippen molar-refractivity contribution >= 4 is 5.82 Å². The van der Waals surface area contributed by atoms with Crippen molar-refractivity contribution in [2.75, 3.05) is 32.6 Å². The molecule has 0 spiro atoms. The van der Waals surface area contributed by atoms with Crippen LogP contribution in [0, 0.1) is 25.2 Å². The molecule has 0 saturated heterocycles. The maximum absolute atomic E-state index is 9.39. The highest BCUT2D eigenvalue weighted by Gasteiger charge is 2.40. The number of hydrogen-bond donors (Lipinski definition) is 0. The Morgan fingerprint density at radius 3 is 2.40 bits per heavy atom. The summed E-state index contributed by atoms with van der Waals surface area (Å²) in [5.41, 5.74) is 2.91. The van der Waals surface area contributed by atoms with Crippen molar-refractivity contribution in [1.29, 1.82) is 5.26 Å². The van der Waals surface area contributed by atoms with Gasteiger partial charge in [-0.05, 0) is 58.8 Å². The maximum Gasteiger partial charge on any atom is 0.146 e. The first-order valence-corrected chi connectivity index (χ1v) is 7.16. The molecule has 0 atom stereocenters. The van der Waals surface area contributed by atoms with E-state index in [-0.39, 0.29) is 5.54 Å². The summed E-state index contributed by atoms with van der Waals surface area (Å²) in [4.78, 5) is 9.06. The van der Waals surface area contributed by atoms with Crippen molar-refractivity contribution in [3.63, 3.8) is 0 Å². The smallest absolute Gasteiger partial charge is 0.146 e. The van der Waals surface area contributed by atoms with E-state index < -0.39 is 0 Å². The Labute approximate surface area is 122 Å². The standard InChI is InChI=1S/C16H24N4/c1-12-9-13(2)18-15(14(12)10-17)20(5)11-16(19(3)4)7-6-8-16/h9H,6-8,11H2,1-5H3. The Morgan fingerprint density at radius 1 is 1.30 bits per heavy atom. The zero-order valence-electron chi connectivity index (χ0n) is 13.2. The molecule has 1 heterocycles. The SMILES string of the molecule is Cc1cc(C)c(C#N)c(N(C)CC2(N(C)C)CCC2)n1. The zero-order valence-corrected chi connectivity index (χ0v) is 13.2. The monoisotopic (exact) mass is 272 g/mol. The van der Waals surface area contributed by atoms with Gasteiger partial charge in [-0.2, -0.15) is 5.26 Å². The average Bonchev–Trinajstić information content (AvgIpc) is 2.32. The van der Waals surface area contributed by atoms with E-state index >= 15 is 0 Å². The van der Waals surface area contributed by atoms with Crippen LogP contribution in [-0.4, -0.2) is 43.1 Å². The van der Waals surface area contributed by atoms with Gasteiger partial charge >= 0.3 is 0 Å². The fourth-order valence-corrected chi connectivity index (χ4v) is 3.08. The fourth-order valence-electron chi connectivity index (χ4n) is 3.08. The van der Waals surface area contributed by atoms with Crippen molar-refractivity contribution in [2.45, 2.75) is 38.6 Å². The van der Waals surface area contributed by atoms with Crippen LogP contribution in [0.3, 0.4) is 0 Å². The first kappa shape index (κ1) is 14.8. The molecule has 1 aliphatic carbocycles. The summed E-state index contributed by atoms with van der Waals surface area (Å²) < 4.78 is 0. The molecule has 0 N–H and O–H groups in total. The van der Waals surface area contributed by atoms with Gasteiger partial charge in [-0.3, -0.25) is 0 Å². The second-order valence-corrected chi connectivity index (χ2v) is 6.22. The molecule has 0 amide bonds. The summed E-state index contributed by atoms with van der Waals surface area (Å²) in [5.74, 6) is 0.818. The second-order valence-electron chi connectivity index (χ2n) is 6.22. The van der Waals surface area contributed by atoms with Crippen molar-refractivity contribution < 1.29 is 0 Å². The van der Waals surface area contributed by atoms with Gasteiger partial charge in [-0.1, -0.05) is 0 Å². The Bertz CT molecular complexity index is 538. The molecular formula is C16H24N4. The van der Waals surface area contributed by atoms with Crippen LogP contribution in [0.5, 0.6) is 0 Å². The lowest BCUT2D eigenvalue weighted by atomic mass is 9.75. The first-order valence-electron chi connectivity index (χ1n) is 7.16. The number of nitriles is 1. The molecule has 4 heteroatoms. The molecule has 1 aliphatic rings. The molecule has 0 unspecified atom stereocenters. The maximum atomic E-state index is 9.39. The average molecular weight is 272 g/mol. The van der Waals surface area contributed by atoms with Gasteiger partial charge in [0, 0.05) is 24.8 Å². The lowest BCUT2D eigenvalue weighted by molar-refractivity contribution is 0.0681. The minimum Gasteiger partial charge on any atom is -0.357 e. The number of pyridine rings is 1. The van der Waals surface area contributed by atoms with Gasteiger partial charge in [0.25, 0.3) is 0 Å². The third kappa shape index (κ3) is 2.51. The first-order chi connectivity index (χ1) is 9.39. The Hall–Kier alpha value is -1.60. The quantitative estimate of drug-likeness (QED) is 0.844. The van der Waals surface area contributed by atoms with Crippen LogP contribution >= 0.6 is 0 Å². The number of nitrogens with zero attached hydrogens (tertiary/aromatic N) is 4. The molecule has 108 valence electrons. The molecule has 1 aromatic rings. The molecule has 0 aliphatic heterocycles. The molecule has 1 saturated carbocycles. The predicted molar refractivity (Wildman–Crippen MR) is 82.0 cm³/mol. The van der Waals surface area contributed by atoms with Crippen molar-refractivity contribution in [3.8, 4) is 6.07 Å². The molecule has 1 aromatic heterocycles. The van der Waals surface area contributed by atoms with Crippen molar-refractivity contribution in [2.24, 2.45) is 0 Å². The van der Waals surface area contributed by atoms with Crippen LogP contribution in [0.4, 0.5) is 5.82 Å². The fraction of sp³-hybridized carbons (Fsp3) is 0.625. The van der Waals surface area contributed by atoms with E-state index in [2.05, 4.69) is 34.9 Å². The summed E-state index contributed by atoms with van der Waals surface area (Å²) in [7, 11) is 6.34. The number of rotatable bonds is 4. The van der Waals surface area contributed by atoms with Crippen LogP contribution in [0.2, 0.25) is 0 Å². The zero-order chi connectivity index (χ0) is 14.9. The predicted octanol–water partition coefficient (Wildman–Crippen LogP) is 2.49. The molecule has 2 rings (SSSR count). The Balaban J connectivity index is 2.30.